The molecular weight excluding hydrogens is 280 g/mol. The van der Waals surface area contributed by atoms with Crippen LogP contribution in [0.2, 0.25) is 0 Å². The summed E-state index contributed by atoms with van der Waals surface area (Å²) in [4.78, 5) is 12.0. The van der Waals surface area contributed by atoms with Crippen molar-refractivity contribution in [2.75, 3.05) is 13.2 Å². The Balaban J connectivity index is 0.00000147. The van der Waals surface area contributed by atoms with Crippen molar-refractivity contribution in [1.29, 1.82) is 0 Å². The number of benzene rings is 1. The molecule has 20 heavy (non-hydrogen) atoms. The largest absolute Gasteiger partial charge is 0.485 e. The lowest BCUT2D eigenvalue weighted by Crippen LogP contribution is -2.47. The number of fused-ring (bicyclic) bond motifs is 1. The molecule has 0 radical (unpaired) electrons. The highest BCUT2D eigenvalue weighted by atomic mass is 35.5. The summed E-state index contributed by atoms with van der Waals surface area (Å²) in [5.74, 6) is 1.71. The number of rotatable bonds is 4. The van der Waals surface area contributed by atoms with Gasteiger partial charge >= 0.3 is 0 Å². The Hall–Kier alpha value is -1.46. The van der Waals surface area contributed by atoms with Crippen LogP contribution in [0.1, 0.15) is 12.8 Å². The van der Waals surface area contributed by atoms with E-state index in [1.54, 1.807) is 6.07 Å². The maximum Gasteiger partial charge on any atom is 0.264 e. The highest BCUT2D eigenvalue weighted by Crippen LogP contribution is 2.32. The first kappa shape index (κ1) is 14.9. The second kappa shape index (κ2) is 6.33. The fraction of sp³-hybridized carbons (Fsp3) is 0.500. The second-order valence-electron chi connectivity index (χ2n) is 5.11. The van der Waals surface area contributed by atoms with Gasteiger partial charge in [0.2, 0.25) is 6.10 Å². The van der Waals surface area contributed by atoms with Crippen LogP contribution < -0.4 is 20.5 Å². The van der Waals surface area contributed by atoms with Crippen LogP contribution in [0, 0.1) is 5.92 Å². The number of nitrogens with one attached hydrogen (secondary N) is 1. The van der Waals surface area contributed by atoms with Crippen molar-refractivity contribution in [1.82, 2.24) is 5.32 Å². The van der Waals surface area contributed by atoms with E-state index in [0.717, 1.165) is 0 Å². The van der Waals surface area contributed by atoms with Gasteiger partial charge in [-0.3, -0.25) is 4.79 Å². The molecule has 0 aromatic heterocycles. The minimum atomic E-state index is -0.596. The molecule has 2 unspecified atom stereocenters. The fourth-order valence-corrected chi connectivity index (χ4v) is 2.17. The smallest absolute Gasteiger partial charge is 0.264 e. The zero-order chi connectivity index (χ0) is 13.2. The molecule has 6 heteroatoms. The average molecular weight is 299 g/mol. The van der Waals surface area contributed by atoms with E-state index in [1.165, 1.54) is 12.8 Å². The topological polar surface area (TPSA) is 73.6 Å². The predicted molar refractivity (Wildman–Crippen MR) is 77.3 cm³/mol. The normalized spacial score (nSPS) is 21.6. The van der Waals surface area contributed by atoms with E-state index in [-0.39, 0.29) is 31.0 Å². The number of carbonyl (C=O) groups excluding carboxylic acids is 1. The lowest BCUT2D eigenvalue weighted by Gasteiger charge is -2.26. The summed E-state index contributed by atoms with van der Waals surface area (Å²) in [6.45, 7) is 0.743. The highest BCUT2D eigenvalue weighted by molar-refractivity contribution is 5.85. The SMILES string of the molecule is Cl.NC(CNC(=O)C1COc2ccccc2O1)C1CC1. The number of hydrogen-bond acceptors (Lipinski definition) is 4. The van der Waals surface area contributed by atoms with Crippen molar-refractivity contribution in [3.05, 3.63) is 24.3 Å². The quantitative estimate of drug-likeness (QED) is 0.873. The van der Waals surface area contributed by atoms with Crippen LogP contribution in [-0.4, -0.2) is 31.2 Å². The summed E-state index contributed by atoms with van der Waals surface area (Å²) in [7, 11) is 0. The first-order valence-corrected chi connectivity index (χ1v) is 6.66. The van der Waals surface area contributed by atoms with Crippen molar-refractivity contribution in [2.24, 2.45) is 11.7 Å². The first-order valence-electron chi connectivity index (χ1n) is 6.66. The molecule has 3 N–H and O–H groups in total. The zero-order valence-corrected chi connectivity index (χ0v) is 11.9. The van der Waals surface area contributed by atoms with Gasteiger partial charge in [0.05, 0.1) is 0 Å². The lowest BCUT2D eigenvalue weighted by atomic mass is 10.2. The van der Waals surface area contributed by atoms with E-state index in [4.69, 9.17) is 15.2 Å². The number of amides is 1. The van der Waals surface area contributed by atoms with Crippen molar-refractivity contribution in [2.45, 2.75) is 25.0 Å². The van der Waals surface area contributed by atoms with Crippen LogP contribution in [0.25, 0.3) is 0 Å². The van der Waals surface area contributed by atoms with E-state index >= 15 is 0 Å². The number of hydrogen-bond donors (Lipinski definition) is 2. The van der Waals surface area contributed by atoms with Gasteiger partial charge in [0.25, 0.3) is 5.91 Å². The van der Waals surface area contributed by atoms with Gasteiger partial charge in [0.15, 0.2) is 11.5 Å². The molecule has 1 aromatic rings. The average Bonchev–Trinajstić information content (AvgIpc) is 3.28. The molecule has 2 atom stereocenters. The number of halogens is 1. The minimum absolute atomic E-state index is 0. The number of nitrogens with two attached hydrogens (primary N) is 1. The molecule has 0 spiro atoms. The Kier molecular flexibility index (Phi) is 4.73. The maximum atomic E-state index is 12.0. The number of para-hydroxylation sites is 2. The third kappa shape index (κ3) is 3.35. The standard InChI is InChI=1S/C14H18N2O3.ClH/c15-10(9-5-6-9)7-16-14(17)13-8-18-11-3-1-2-4-12(11)19-13;/h1-4,9-10,13H,5-8,15H2,(H,16,17);1H. The van der Waals surface area contributed by atoms with Gasteiger partial charge in [-0.05, 0) is 30.9 Å². The third-order valence-electron chi connectivity index (χ3n) is 3.54. The van der Waals surface area contributed by atoms with Gasteiger partial charge < -0.3 is 20.5 Å². The Morgan fingerprint density at radius 1 is 1.35 bits per heavy atom. The Labute approximate surface area is 124 Å². The van der Waals surface area contributed by atoms with Gasteiger partial charge in [-0.1, -0.05) is 12.1 Å². The van der Waals surface area contributed by atoms with Crippen molar-refractivity contribution in [3.8, 4) is 11.5 Å². The molecule has 5 nitrogen and oxygen atoms in total. The fourth-order valence-electron chi connectivity index (χ4n) is 2.17. The summed E-state index contributed by atoms with van der Waals surface area (Å²) >= 11 is 0. The predicted octanol–water partition coefficient (Wildman–Crippen LogP) is 1.10. The molecule has 110 valence electrons. The van der Waals surface area contributed by atoms with Crippen LogP contribution in [0.15, 0.2) is 24.3 Å². The van der Waals surface area contributed by atoms with Crippen molar-refractivity contribution in [3.63, 3.8) is 0 Å². The van der Waals surface area contributed by atoms with Crippen molar-refractivity contribution < 1.29 is 14.3 Å². The van der Waals surface area contributed by atoms with Gasteiger partial charge in [-0.2, -0.15) is 0 Å². The second-order valence-corrected chi connectivity index (χ2v) is 5.11. The molecule has 0 bridgehead atoms. The summed E-state index contributed by atoms with van der Waals surface area (Å²) in [6.07, 6.45) is 1.75. The Morgan fingerprint density at radius 3 is 2.75 bits per heavy atom. The minimum Gasteiger partial charge on any atom is -0.485 e. The van der Waals surface area contributed by atoms with Gasteiger partial charge in [0, 0.05) is 12.6 Å². The van der Waals surface area contributed by atoms with E-state index in [9.17, 15) is 4.79 Å². The molecule has 1 saturated carbocycles. The molecule has 1 heterocycles. The molecule has 1 fully saturated rings. The van der Waals surface area contributed by atoms with E-state index in [0.29, 0.717) is 24.0 Å². The summed E-state index contributed by atoms with van der Waals surface area (Å²) in [6, 6.07) is 7.40. The van der Waals surface area contributed by atoms with Crippen LogP contribution in [0.3, 0.4) is 0 Å². The van der Waals surface area contributed by atoms with E-state index in [1.807, 2.05) is 18.2 Å². The molecular formula is C14H19ClN2O3. The lowest BCUT2D eigenvalue weighted by molar-refractivity contribution is -0.130. The van der Waals surface area contributed by atoms with Crippen LogP contribution in [0.5, 0.6) is 11.5 Å². The Bertz CT molecular complexity index is 479. The van der Waals surface area contributed by atoms with Gasteiger partial charge in [0.1, 0.15) is 6.61 Å². The van der Waals surface area contributed by atoms with Crippen molar-refractivity contribution >= 4 is 18.3 Å². The molecule has 1 aliphatic carbocycles. The van der Waals surface area contributed by atoms with Crippen LogP contribution in [0.4, 0.5) is 0 Å². The summed E-state index contributed by atoms with van der Waals surface area (Å²) in [5, 5.41) is 2.84. The zero-order valence-electron chi connectivity index (χ0n) is 11.1. The van der Waals surface area contributed by atoms with Gasteiger partial charge in [-0.25, -0.2) is 0 Å². The van der Waals surface area contributed by atoms with Gasteiger partial charge in [-0.15, -0.1) is 12.4 Å². The summed E-state index contributed by atoms with van der Waals surface area (Å²) < 4.78 is 11.1. The molecule has 1 amide bonds. The van der Waals surface area contributed by atoms with E-state index in [2.05, 4.69) is 5.32 Å². The molecule has 1 aromatic carbocycles. The number of carbonyl (C=O) groups is 1. The van der Waals surface area contributed by atoms with E-state index < -0.39 is 6.10 Å². The maximum absolute atomic E-state index is 12.0. The summed E-state index contributed by atoms with van der Waals surface area (Å²) in [5.41, 5.74) is 5.95. The Morgan fingerprint density at radius 2 is 2.05 bits per heavy atom. The molecule has 3 rings (SSSR count). The van der Waals surface area contributed by atoms with Crippen LogP contribution in [-0.2, 0) is 4.79 Å². The third-order valence-corrected chi connectivity index (χ3v) is 3.54. The van der Waals surface area contributed by atoms with Crippen LogP contribution >= 0.6 is 12.4 Å². The number of ether oxygens (including phenoxy) is 2. The first-order chi connectivity index (χ1) is 9.24. The molecule has 1 aliphatic heterocycles. The monoisotopic (exact) mass is 298 g/mol. The molecule has 0 saturated heterocycles. The highest BCUT2D eigenvalue weighted by Gasteiger charge is 2.31. The molecule has 2 aliphatic rings.